The first-order valence-electron chi connectivity index (χ1n) is 7.67. The average molecular weight is 326 g/mol. The topological polar surface area (TPSA) is 47.0 Å². The smallest absolute Gasteiger partial charge is 0.144 e. The van der Waals surface area contributed by atoms with Crippen molar-refractivity contribution in [2.75, 3.05) is 24.2 Å². The molecule has 0 amide bonds. The van der Waals surface area contributed by atoms with Crippen molar-refractivity contribution >= 4 is 29.3 Å². The number of fused-ring (bicyclic) bond motifs is 1. The number of nitrogens with one attached hydrogen (secondary N) is 1. The molecule has 1 aromatic heterocycles. The van der Waals surface area contributed by atoms with Gasteiger partial charge in [0.2, 0.25) is 0 Å². The summed E-state index contributed by atoms with van der Waals surface area (Å²) in [5.41, 5.74) is 2.33. The fourth-order valence-corrected chi connectivity index (χ4v) is 5.47. The molecule has 1 N–H and O–H groups in total. The predicted octanol–water partition coefficient (Wildman–Crippen LogP) is 3.28. The molecule has 116 valence electrons. The van der Waals surface area contributed by atoms with Crippen molar-refractivity contribution in [2.45, 2.75) is 49.5 Å². The zero-order valence-corrected chi connectivity index (χ0v) is 14.5. The van der Waals surface area contributed by atoms with Crippen LogP contribution in [-0.4, -0.2) is 39.4 Å². The van der Waals surface area contributed by atoms with Gasteiger partial charge in [-0.25, -0.2) is 9.97 Å². The molecule has 1 saturated heterocycles. The monoisotopic (exact) mass is 325 g/mol. The number of hydrogen-bond acceptors (Lipinski definition) is 6. The number of aromatic nitrogens is 2. The first-order valence-corrected chi connectivity index (χ1v) is 9.66. The van der Waals surface area contributed by atoms with Crippen LogP contribution >= 0.6 is 23.5 Å². The molecule has 3 unspecified atom stereocenters. The van der Waals surface area contributed by atoms with Gasteiger partial charge >= 0.3 is 0 Å². The maximum absolute atomic E-state index is 5.57. The number of rotatable bonds is 3. The first kappa shape index (κ1) is 15.4. The van der Waals surface area contributed by atoms with Gasteiger partial charge in [-0.15, -0.1) is 11.8 Å². The molecule has 0 radical (unpaired) electrons. The van der Waals surface area contributed by atoms with Crippen molar-refractivity contribution < 1.29 is 4.74 Å². The molecule has 3 atom stereocenters. The summed E-state index contributed by atoms with van der Waals surface area (Å²) in [6.07, 6.45) is 0.903. The maximum atomic E-state index is 5.57. The molecule has 2 aliphatic heterocycles. The second-order valence-electron chi connectivity index (χ2n) is 5.56. The van der Waals surface area contributed by atoms with Crippen LogP contribution in [0.25, 0.3) is 0 Å². The number of thioether (sulfide) groups is 2. The standard InChI is InChI=1S/C15H23N3OS2/c1-4-16-14-11-7-19-6-5-12(11)17-15(18-14)13-8-20-9(2)10(3)21-13/h9-10,13H,4-8H2,1-3H3,(H,16,17,18). The Balaban J connectivity index is 1.90. The first-order chi connectivity index (χ1) is 10.2. The van der Waals surface area contributed by atoms with E-state index in [1.807, 2.05) is 23.5 Å². The summed E-state index contributed by atoms with van der Waals surface area (Å²) in [7, 11) is 0. The second-order valence-corrected chi connectivity index (χ2v) is 8.55. The fourth-order valence-electron chi connectivity index (χ4n) is 2.63. The summed E-state index contributed by atoms with van der Waals surface area (Å²) in [5, 5.41) is 5.16. The van der Waals surface area contributed by atoms with E-state index in [9.17, 15) is 0 Å². The average Bonchev–Trinajstić information content (AvgIpc) is 2.50. The molecule has 0 bridgehead atoms. The summed E-state index contributed by atoms with van der Waals surface area (Å²) in [6.45, 7) is 9.02. The lowest BCUT2D eigenvalue weighted by Crippen LogP contribution is -2.25. The van der Waals surface area contributed by atoms with E-state index < -0.39 is 0 Å². The van der Waals surface area contributed by atoms with Crippen molar-refractivity contribution in [3.05, 3.63) is 17.1 Å². The molecule has 1 fully saturated rings. The number of ether oxygens (including phenoxy) is 1. The van der Waals surface area contributed by atoms with Crippen LogP contribution in [0.15, 0.2) is 0 Å². The van der Waals surface area contributed by atoms with E-state index >= 15 is 0 Å². The molecule has 21 heavy (non-hydrogen) atoms. The van der Waals surface area contributed by atoms with E-state index in [1.165, 1.54) is 5.69 Å². The summed E-state index contributed by atoms with van der Waals surface area (Å²) in [6, 6.07) is 0. The van der Waals surface area contributed by atoms with Crippen LogP contribution in [0.4, 0.5) is 5.82 Å². The lowest BCUT2D eigenvalue weighted by Gasteiger charge is -2.31. The molecule has 4 nitrogen and oxygen atoms in total. The molecule has 3 rings (SSSR count). The SMILES string of the molecule is CCNc1nc(C2CSC(C)C(C)S2)nc2c1COCC2. The van der Waals surface area contributed by atoms with E-state index in [1.54, 1.807) is 0 Å². The Morgan fingerprint density at radius 1 is 1.29 bits per heavy atom. The third-order valence-electron chi connectivity index (χ3n) is 4.02. The highest BCUT2D eigenvalue weighted by atomic mass is 32.2. The van der Waals surface area contributed by atoms with Gasteiger partial charge in [0.15, 0.2) is 0 Å². The van der Waals surface area contributed by atoms with E-state index in [4.69, 9.17) is 14.7 Å². The highest BCUT2D eigenvalue weighted by Crippen LogP contribution is 2.43. The lowest BCUT2D eigenvalue weighted by atomic mass is 10.1. The Kier molecular flexibility index (Phi) is 4.96. The van der Waals surface area contributed by atoms with E-state index in [-0.39, 0.29) is 0 Å². The van der Waals surface area contributed by atoms with Gasteiger partial charge in [0.1, 0.15) is 11.6 Å². The summed E-state index contributed by atoms with van der Waals surface area (Å²) in [5.74, 6) is 3.09. The molecule has 1 aromatic rings. The molecule has 0 saturated carbocycles. The number of anilines is 1. The molecule has 0 spiro atoms. The Hall–Kier alpha value is -0.460. The van der Waals surface area contributed by atoms with Crippen molar-refractivity contribution in [3.63, 3.8) is 0 Å². The third-order valence-corrected chi connectivity index (χ3v) is 7.41. The van der Waals surface area contributed by atoms with Crippen LogP contribution in [0.5, 0.6) is 0 Å². The number of hydrogen-bond donors (Lipinski definition) is 1. The Labute approximate surface area is 135 Å². The summed E-state index contributed by atoms with van der Waals surface area (Å²) < 4.78 is 5.57. The minimum absolute atomic E-state index is 0.409. The zero-order valence-electron chi connectivity index (χ0n) is 12.9. The van der Waals surface area contributed by atoms with Crippen LogP contribution in [-0.2, 0) is 17.8 Å². The highest BCUT2D eigenvalue weighted by Gasteiger charge is 2.30. The molecular weight excluding hydrogens is 302 g/mol. The van der Waals surface area contributed by atoms with Crippen molar-refractivity contribution in [3.8, 4) is 0 Å². The van der Waals surface area contributed by atoms with Gasteiger partial charge < -0.3 is 10.1 Å². The minimum Gasteiger partial charge on any atom is -0.376 e. The maximum Gasteiger partial charge on any atom is 0.144 e. The molecule has 0 aromatic carbocycles. The van der Waals surface area contributed by atoms with Gasteiger partial charge in [-0.05, 0) is 6.92 Å². The van der Waals surface area contributed by atoms with E-state index in [0.717, 1.165) is 42.5 Å². The zero-order chi connectivity index (χ0) is 14.8. The Morgan fingerprint density at radius 3 is 2.90 bits per heavy atom. The fraction of sp³-hybridized carbons (Fsp3) is 0.733. The van der Waals surface area contributed by atoms with Crippen LogP contribution < -0.4 is 5.32 Å². The summed E-state index contributed by atoms with van der Waals surface area (Å²) in [4.78, 5) is 9.70. The highest BCUT2D eigenvalue weighted by molar-refractivity contribution is 8.07. The van der Waals surface area contributed by atoms with Gasteiger partial charge in [0, 0.05) is 34.8 Å². The largest absolute Gasteiger partial charge is 0.376 e. The summed E-state index contributed by atoms with van der Waals surface area (Å²) >= 11 is 4.06. The van der Waals surface area contributed by atoms with Crippen LogP contribution in [0.1, 0.15) is 43.1 Å². The van der Waals surface area contributed by atoms with Crippen molar-refractivity contribution in [2.24, 2.45) is 0 Å². The van der Waals surface area contributed by atoms with E-state index in [2.05, 4.69) is 26.1 Å². The second kappa shape index (κ2) is 6.75. The minimum atomic E-state index is 0.409. The Bertz CT molecular complexity index is 512. The quantitative estimate of drug-likeness (QED) is 0.920. The van der Waals surface area contributed by atoms with Gasteiger partial charge in [-0.1, -0.05) is 13.8 Å². The van der Waals surface area contributed by atoms with Crippen LogP contribution in [0.3, 0.4) is 0 Å². The van der Waals surface area contributed by atoms with Gasteiger partial charge in [-0.2, -0.15) is 11.8 Å². The van der Waals surface area contributed by atoms with Crippen LogP contribution in [0, 0.1) is 0 Å². The normalized spacial score (nSPS) is 29.0. The molecule has 6 heteroatoms. The predicted molar refractivity (Wildman–Crippen MR) is 91.3 cm³/mol. The molecule has 3 heterocycles. The van der Waals surface area contributed by atoms with Crippen molar-refractivity contribution in [1.82, 2.24) is 9.97 Å². The Morgan fingerprint density at radius 2 is 2.14 bits per heavy atom. The molecule has 2 aliphatic rings. The van der Waals surface area contributed by atoms with Gasteiger partial charge in [0.05, 0.1) is 24.2 Å². The van der Waals surface area contributed by atoms with Gasteiger partial charge in [0.25, 0.3) is 0 Å². The lowest BCUT2D eigenvalue weighted by molar-refractivity contribution is 0.109. The number of nitrogens with zero attached hydrogens (tertiary/aromatic N) is 2. The third kappa shape index (κ3) is 3.32. The van der Waals surface area contributed by atoms with Crippen LogP contribution in [0.2, 0.25) is 0 Å². The molecular formula is C15H23N3OS2. The van der Waals surface area contributed by atoms with Gasteiger partial charge in [-0.3, -0.25) is 0 Å². The van der Waals surface area contributed by atoms with E-state index in [0.29, 0.717) is 22.4 Å². The molecule has 0 aliphatic carbocycles. The van der Waals surface area contributed by atoms with Crippen molar-refractivity contribution in [1.29, 1.82) is 0 Å².